The molecule has 1 heterocycles. The maximum atomic E-state index is 6.56. The Morgan fingerprint density at radius 1 is 1.17 bits per heavy atom. The SMILES string of the molecule is C=CCCc1ccccc1C(Cl)c1ccncc1. The van der Waals surface area contributed by atoms with Crippen LogP contribution in [0.3, 0.4) is 0 Å². The van der Waals surface area contributed by atoms with Crippen molar-refractivity contribution in [2.24, 2.45) is 0 Å². The zero-order chi connectivity index (χ0) is 12.8. The molecule has 0 bridgehead atoms. The van der Waals surface area contributed by atoms with Crippen LogP contribution < -0.4 is 0 Å². The number of aromatic nitrogens is 1. The summed E-state index contributed by atoms with van der Waals surface area (Å²) in [6.45, 7) is 3.77. The largest absolute Gasteiger partial charge is 0.265 e. The van der Waals surface area contributed by atoms with Gasteiger partial charge in [0.15, 0.2) is 0 Å². The number of aryl methyl sites for hydroxylation is 1. The van der Waals surface area contributed by atoms with Gasteiger partial charge in [0.2, 0.25) is 0 Å². The number of halogens is 1. The van der Waals surface area contributed by atoms with Gasteiger partial charge in [0, 0.05) is 12.4 Å². The third kappa shape index (κ3) is 2.99. The smallest absolute Gasteiger partial charge is 0.0839 e. The van der Waals surface area contributed by atoms with Gasteiger partial charge in [-0.15, -0.1) is 18.2 Å². The third-order valence-corrected chi connectivity index (χ3v) is 3.43. The van der Waals surface area contributed by atoms with Crippen molar-refractivity contribution in [3.63, 3.8) is 0 Å². The van der Waals surface area contributed by atoms with E-state index >= 15 is 0 Å². The van der Waals surface area contributed by atoms with Crippen LogP contribution in [0.4, 0.5) is 0 Å². The molecule has 1 aromatic carbocycles. The molecule has 1 aromatic heterocycles. The highest BCUT2D eigenvalue weighted by atomic mass is 35.5. The number of rotatable bonds is 5. The van der Waals surface area contributed by atoms with Crippen molar-refractivity contribution < 1.29 is 0 Å². The van der Waals surface area contributed by atoms with Crippen LogP contribution in [0.5, 0.6) is 0 Å². The molecule has 0 spiro atoms. The molecule has 2 aromatic rings. The van der Waals surface area contributed by atoms with E-state index in [1.165, 1.54) is 11.1 Å². The highest BCUT2D eigenvalue weighted by Gasteiger charge is 2.13. The first-order chi connectivity index (χ1) is 8.83. The van der Waals surface area contributed by atoms with Gasteiger partial charge in [0.25, 0.3) is 0 Å². The molecule has 0 aliphatic rings. The molecule has 0 aliphatic heterocycles. The summed E-state index contributed by atoms with van der Waals surface area (Å²) in [7, 11) is 0. The van der Waals surface area contributed by atoms with Gasteiger partial charge in [0.1, 0.15) is 0 Å². The molecule has 1 nitrogen and oxygen atoms in total. The van der Waals surface area contributed by atoms with Gasteiger partial charge >= 0.3 is 0 Å². The van der Waals surface area contributed by atoms with Crippen LogP contribution in [0.1, 0.15) is 28.5 Å². The van der Waals surface area contributed by atoms with Crippen LogP contribution in [0.25, 0.3) is 0 Å². The van der Waals surface area contributed by atoms with Crippen molar-refractivity contribution in [2.75, 3.05) is 0 Å². The summed E-state index contributed by atoms with van der Waals surface area (Å²) < 4.78 is 0. The summed E-state index contributed by atoms with van der Waals surface area (Å²) in [6.07, 6.45) is 7.44. The summed E-state index contributed by atoms with van der Waals surface area (Å²) in [5.74, 6) is 0. The number of hydrogen-bond donors (Lipinski definition) is 0. The fourth-order valence-corrected chi connectivity index (χ4v) is 2.34. The van der Waals surface area contributed by atoms with Crippen LogP contribution in [-0.4, -0.2) is 4.98 Å². The van der Waals surface area contributed by atoms with Crippen molar-refractivity contribution in [1.82, 2.24) is 4.98 Å². The van der Waals surface area contributed by atoms with Crippen molar-refractivity contribution in [1.29, 1.82) is 0 Å². The maximum absolute atomic E-state index is 6.56. The Kier molecular flexibility index (Phi) is 4.54. The van der Waals surface area contributed by atoms with E-state index in [0.717, 1.165) is 18.4 Å². The number of allylic oxidation sites excluding steroid dienone is 1. The highest BCUT2D eigenvalue weighted by molar-refractivity contribution is 6.22. The lowest BCUT2D eigenvalue weighted by Gasteiger charge is -2.14. The Bertz CT molecular complexity index is 508. The fourth-order valence-electron chi connectivity index (χ4n) is 1.98. The molecule has 0 aliphatic carbocycles. The van der Waals surface area contributed by atoms with Crippen LogP contribution in [-0.2, 0) is 6.42 Å². The van der Waals surface area contributed by atoms with E-state index < -0.39 is 0 Å². The molecule has 1 unspecified atom stereocenters. The second-order valence-corrected chi connectivity index (χ2v) is 4.61. The highest BCUT2D eigenvalue weighted by Crippen LogP contribution is 2.31. The monoisotopic (exact) mass is 257 g/mol. The molecule has 18 heavy (non-hydrogen) atoms. The molecule has 0 saturated carbocycles. The molecule has 0 amide bonds. The van der Waals surface area contributed by atoms with Crippen LogP contribution in [0, 0.1) is 0 Å². The first kappa shape index (κ1) is 12.8. The number of nitrogens with zero attached hydrogens (tertiary/aromatic N) is 1. The summed E-state index contributed by atoms with van der Waals surface area (Å²) in [4.78, 5) is 4.02. The molecule has 2 heteroatoms. The first-order valence-corrected chi connectivity index (χ1v) is 6.49. The third-order valence-electron chi connectivity index (χ3n) is 2.94. The molecule has 0 N–H and O–H groups in total. The zero-order valence-electron chi connectivity index (χ0n) is 10.2. The predicted octanol–water partition coefficient (Wildman–Crippen LogP) is 4.53. The van der Waals surface area contributed by atoms with Gasteiger partial charge in [-0.25, -0.2) is 0 Å². The summed E-state index contributed by atoms with van der Waals surface area (Å²) >= 11 is 6.56. The first-order valence-electron chi connectivity index (χ1n) is 6.05. The predicted molar refractivity (Wildman–Crippen MR) is 76.9 cm³/mol. The second-order valence-electron chi connectivity index (χ2n) is 4.17. The van der Waals surface area contributed by atoms with E-state index in [0.29, 0.717) is 0 Å². The summed E-state index contributed by atoms with van der Waals surface area (Å²) in [6, 6.07) is 12.2. The van der Waals surface area contributed by atoms with Crippen LogP contribution >= 0.6 is 11.6 Å². The zero-order valence-corrected chi connectivity index (χ0v) is 11.0. The lowest BCUT2D eigenvalue weighted by atomic mass is 9.97. The van der Waals surface area contributed by atoms with Crippen molar-refractivity contribution in [3.8, 4) is 0 Å². The minimum Gasteiger partial charge on any atom is -0.265 e. The fraction of sp³-hybridized carbons (Fsp3) is 0.188. The average molecular weight is 258 g/mol. The lowest BCUT2D eigenvalue weighted by molar-refractivity contribution is 0.962. The second kappa shape index (κ2) is 6.36. The van der Waals surface area contributed by atoms with E-state index in [9.17, 15) is 0 Å². The number of hydrogen-bond acceptors (Lipinski definition) is 1. The van der Waals surface area contributed by atoms with Crippen molar-refractivity contribution in [2.45, 2.75) is 18.2 Å². The number of pyridine rings is 1. The average Bonchev–Trinajstić information content (AvgIpc) is 2.45. The lowest BCUT2D eigenvalue weighted by Crippen LogP contribution is -1.99. The Morgan fingerprint density at radius 2 is 1.89 bits per heavy atom. The summed E-state index contributed by atoms with van der Waals surface area (Å²) in [5.41, 5.74) is 3.54. The molecule has 92 valence electrons. The topological polar surface area (TPSA) is 12.9 Å². The molecule has 0 fully saturated rings. The quantitative estimate of drug-likeness (QED) is 0.567. The van der Waals surface area contributed by atoms with Gasteiger partial charge in [-0.2, -0.15) is 0 Å². The van der Waals surface area contributed by atoms with Crippen molar-refractivity contribution >= 4 is 11.6 Å². The Balaban J connectivity index is 2.29. The van der Waals surface area contributed by atoms with Gasteiger partial charge in [-0.1, -0.05) is 30.3 Å². The Labute approximate surface area is 113 Å². The molecule has 0 radical (unpaired) electrons. The minimum atomic E-state index is -0.117. The van der Waals surface area contributed by atoms with Crippen LogP contribution in [0.15, 0.2) is 61.4 Å². The van der Waals surface area contributed by atoms with Gasteiger partial charge < -0.3 is 0 Å². The Hall–Kier alpha value is -1.60. The standard InChI is InChI=1S/C16H16ClN/c1-2-3-6-13-7-4-5-8-15(13)16(17)14-9-11-18-12-10-14/h2,4-5,7-12,16H,1,3,6H2. The Morgan fingerprint density at radius 3 is 2.61 bits per heavy atom. The maximum Gasteiger partial charge on any atom is 0.0839 e. The number of alkyl halides is 1. The molecular formula is C16H16ClN. The van der Waals surface area contributed by atoms with Crippen molar-refractivity contribution in [3.05, 3.63) is 78.1 Å². The minimum absolute atomic E-state index is 0.117. The normalized spacial score (nSPS) is 12.1. The van der Waals surface area contributed by atoms with E-state index in [1.54, 1.807) is 12.4 Å². The molecule has 1 atom stereocenters. The molecule has 2 rings (SSSR count). The van der Waals surface area contributed by atoms with Crippen LogP contribution in [0.2, 0.25) is 0 Å². The number of benzene rings is 1. The van der Waals surface area contributed by atoms with Gasteiger partial charge in [-0.05, 0) is 41.7 Å². The van der Waals surface area contributed by atoms with E-state index in [1.807, 2.05) is 24.3 Å². The van der Waals surface area contributed by atoms with E-state index in [2.05, 4.69) is 29.8 Å². The van der Waals surface area contributed by atoms with E-state index in [4.69, 9.17) is 11.6 Å². The molecule has 0 saturated heterocycles. The van der Waals surface area contributed by atoms with Gasteiger partial charge in [-0.3, -0.25) is 4.98 Å². The van der Waals surface area contributed by atoms with Gasteiger partial charge in [0.05, 0.1) is 5.38 Å². The molecular weight excluding hydrogens is 242 g/mol. The summed E-state index contributed by atoms with van der Waals surface area (Å²) in [5, 5.41) is -0.117. The van der Waals surface area contributed by atoms with E-state index in [-0.39, 0.29) is 5.38 Å².